The predicted octanol–water partition coefficient (Wildman–Crippen LogP) is 0.272. The van der Waals surface area contributed by atoms with Gasteiger partial charge in [0.25, 0.3) is 0 Å². The monoisotopic (exact) mass is 255 g/mol. The van der Waals surface area contributed by atoms with E-state index in [-0.39, 0.29) is 12.0 Å². The molecule has 0 saturated heterocycles. The molecule has 0 bridgehead atoms. The van der Waals surface area contributed by atoms with Crippen molar-refractivity contribution in [1.29, 1.82) is 0 Å². The summed E-state index contributed by atoms with van der Waals surface area (Å²) in [6.45, 7) is -0.0334. The van der Waals surface area contributed by atoms with E-state index in [2.05, 4.69) is 10.5 Å². The van der Waals surface area contributed by atoms with E-state index in [1.165, 1.54) is 0 Å². The number of aliphatic hydroxyl groups excluding tert-OH is 1. The average molecular weight is 255 g/mol. The highest BCUT2D eigenvalue weighted by atomic mass is 19.4. The van der Waals surface area contributed by atoms with Crippen molar-refractivity contribution < 1.29 is 23.5 Å². The SMILES string of the molecule is NC(=NO)C(CNCC1CC(O)C1)C(F)(F)F. The van der Waals surface area contributed by atoms with Crippen LogP contribution in [0.5, 0.6) is 0 Å². The van der Waals surface area contributed by atoms with E-state index in [1.54, 1.807) is 0 Å². The van der Waals surface area contributed by atoms with Gasteiger partial charge in [0.05, 0.1) is 6.10 Å². The van der Waals surface area contributed by atoms with Crippen molar-refractivity contribution in [2.24, 2.45) is 22.7 Å². The topological polar surface area (TPSA) is 90.9 Å². The predicted molar refractivity (Wildman–Crippen MR) is 54.6 cm³/mol. The van der Waals surface area contributed by atoms with Crippen LogP contribution in [-0.2, 0) is 0 Å². The Morgan fingerprint density at radius 3 is 2.47 bits per heavy atom. The van der Waals surface area contributed by atoms with E-state index in [4.69, 9.17) is 16.0 Å². The molecule has 100 valence electrons. The van der Waals surface area contributed by atoms with Crippen LogP contribution in [0.25, 0.3) is 0 Å². The first-order valence-electron chi connectivity index (χ1n) is 5.27. The smallest absolute Gasteiger partial charge is 0.400 e. The molecule has 0 aromatic carbocycles. The number of rotatable bonds is 5. The van der Waals surface area contributed by atoms with Crippen LogP contribution in [0, 0.1) is 11.8 Å². The van der Waals surface area contributed by atoms with Gasteiger partial charge in [-0.3, -0.25) is 0 Å². The largest absolute Gasteiger partial charge is 0.409 e. The van der Waals surface area contributed by atoms with Gasteiger partial charge >= 0.3 is 6.18 Å². The van der Waals surface area contributed by atoms with Crippen LogP contribution in [0.4, 0.5) is 13.2 Å². The first-order chi connectivity index (χ1) is 7.84. The molecule has 0 amide bonds. The molecule has 1 aliphatic rings. The molecular weight excluding hydrogens is 239 g/mol. The zero-order valence-electron chi connectivity index (χ0n) is 9.11. The van der Waals surface area contributed by atoms with E-state index in [1.807, 2.05) is 0 Å². The van der Waals surface area contributed by atoms with Gasteiger partial charge in [-0.15, -0.1) is 0 Å². The zero-order valence-corrected chi connectivity index (χ0v) is 9.11. The normalized spacial score (nSPS) is 27.6. The molecule has 5 nitrogen and oxygen atoms in total. The number of hydrogen-bond acceptors (Lipinski definition) is 4. The maximum Gasteiger partial charge on any atom is 0.400 e. The van der Waals surface area contributed by atoms with Crippen LogP contribution < -0.4 is 11.1 Å². The minimum absolute atomic E-state index is 0.200. The Morgan fingerprint density at radius 1 is 1.47 bits per heavy atom. The third kappa shape index (κ3) is 4.04. The molecule has 1 aliphatic carbocycles. The summed E-state index contributed by atoms with van der Waals surface area (Å²) in [4.78, 5) is 0. The fraction of sp³-hybridized carbons (Fsp3) is 0.889. The summed E-state index contributed by atoms with van der Waals surface area (Å²) in [5.41, 5.74) is 4.99. The van der Waals surface area contributed by atoms with Gasteiger partial charge in [-0.1, -0.05) is 5.16 Å². The van der Waals surface area contributed by atoms with Crippen LogP contribution in [0.3, 0.4) is 0 Å². The molecule has 0 aromatic rings. The molecule has 1 atom stereocenters. The Morgan fingerprint density at radius 2 is 2.06 bits per heavy atom. The third-order valence-electron chi connectivity index (χ3n) is 2.86. The van der Waals surface area contributed by atoms with Gasteiger partial charge in [0.1, 0.15) is 5.92 Å². The molecule has 8 heteroatoms. The van der Waals surface area contributed by atoms with Crippen molar-refractivity contribution >= 4 is 5.84 Å². The van der Waals surface area contributed by atoms with Crippen molar-refractivity contribution in [1.82, 2.24) is 5.32 Å². The molecule has 1 fully saturated rings. The Hall–Kier alpha value is -1.02. The number of nitrogens with one attached hydrogen (secondary N) is 1. The summed E-state index contributed by atoms with van der Waals surface area (Å²) < 4.78 is 37.5. The standard InChI is InChI=1S/C9H16F3N3O2/c10-9(11,12)7(8(13)15-17)4-14-3-5-1-6(16)2-5/h5-7,14,16-17H,1-4H2,(H2,13,15). The first-order valence-corrected chi connectivity index (χ1v) is 5.27. The lowest BCUT2D eigenvalue weighted by molar-refractivity contribution is -0.155. The molecule has 0 aromatic heterocycles. The summed E-state index contributed by atoms with van der Waals surface area (Å²) in [6.07, 6.45) is -3.66. The lowest BCUT2D eigenvalue weighted by atomic mass is 9.82. The maximum absolute atomic E-state index is 12.5. The molecule has 0 spiro atoms. The van der Waals surface area contributed by atoms with Gasteiger partial charge in [-0.25, -0.2) is 0 Å². The Kier molecular flexibility index (Phi) is 4.58. The molecule has 0 heterocycles. The lowest BCUT2D eigenvalue weighted by Gasteiger charge is -2.32. The van der Waals surface area contributed by atoms with Gasteiger partial charge in [0.15, 0.2) is 5.84 Å². The van der Waals surface area contributed by atoms with Crippen LogP contribution in [0.1, 0.15) is 12.8 Å². The van der Waals surface area contributed by atoms with Gasteiger partial charge < -0.3 is 21.4 Å². The van der Waals surface area contributed by atoms with E-state index < -0.39 is 24.5 Å². The Bertz CT molecular complexity index is 277. The quantitative estimate of drug-likeness (QED) is 0.246. The Labute approximate surface area is 96.5 Å². The first kappa shape index (κ1) is 14.0. The number of oxime groups is 1. The van der Waals surface area contributed by atoms with E-state index in [9.17, 15) is 13.2 Å². The van der Waals surface area contributed by atoms with Crippen LogP contribution >= 0.6 is 0 Å². The fourth-order valence-electron chi connectivity index (χ4n) is 1.76. The molecule has 0 aliphatic heterocycles. The second-order valence-corrected chi connectivity index (χ2v) is 4.27. The van der Waals surface area contributed by atoms with Gasteiger partial charge in [0, 0.05) is 6.54 Å². The van der Waals surface area contributed by atoms with E-state index in [0.717, 1.165) is 0 Å². The van der Waals surface area contributed by atoms with E-state index in [0.29, 0.717) is 19.4 Å². The molecule has 1 saturated carbocycles. The number of nitrogens with two attached hydrogens (primary N) is 1. The average Bonchev–Trinajstić information content (AvgIpc) is 2.18. The highest BCUT2D eigenvalue weighted by molar-refractivity contribution is 5.83. The number of nitrogens with zero attached hydrogens (tertiary/aromatic N) is 1. The third-order valence-corrected chi connectivity index (χ3v) is 2.86. The summed E-state index contributed by atoms with van der Waals surface area (Å²) >= 11 is 0. The summed E-state index contributed by atoms with van der Waals surface area (Å²) in [6, 6.07) is 0. The van der Waals surface area contributed by atoms with Gasteiger partial charge in [-0.05, 0) is 25.3 Å². The molecule has 5 N–H and O–H groups in total. The molecule has 1 rings (SSSR count). The summed E-state index contributed by atoms with van der Waals surface area (Å²) in [5.74, 6) is -2.64. The molecule has 0 radical (unpaired) electrons. The number of amidine groups is 1. The highest BCUT2D eigenvalue weighted by Gasteiger charge is 2.42. The second kappa shape index (κ2) is 5.54. The van der Waals surface area contributed by atoms with Gasteiger partial charge in [0.2, 0.25) is 0 Å². The molecule has 17 heavy (non-hydrogen) atoms. The molecular formula is C9H16F3N3O2. The van der Waals surface area contributed by atoms with Crippen molar-refractivity contribution in [2.75, 3.05) is 13.1 Å². The van der Waals surface area contributed by atoms with Crippen LogP contribution in [0.15, 0.2) is 5.16 Å². The second-order valence-electron chi connectivity index (χ2n) is 4.27. The number of alkyl halides is 3. The van der Waals surface area contributed by atoms with Crippen LogP contribution in [0.2, 0.25) is 0 Å². The van der Waals surface area contributed by atoms with Crippen molar-refractivity contribution in [3.63, 3.8) is 0 Å². The fourth-order valence-corrected chi connectivity index (χ4v) is 1.76. The van der Waals surface area contributed by atoms with E-state index >= 15 is 0 Å². The van der Waals surface area contributed by atoms with Crippen molar-refractivity contribution in [3.05, 3.63) is 0 Å². The number of aliphatic hydroxyl groups is 1. The Balaban J connectivity index is 2.34. The summed E-state index contributed by atoms with van der Waals surface area (Å²) in [5, 5.41) is 22.3. The summed E-state index contributed by atoms with van der Waals surface area (Å²) in [7, 11) is 0. The lowest BCUT2D eigenvalue weighted by Crippen LogP contribution is -2.45. The van der Waals surface area contributed by atoms with Crippen molar-refractivity contribution in [2.45, 2.75) is 25.1 Å². The number of hydrogen-bond donors (Lipinski definition) is 4. The number of halogens is 3. The zero-order chi connectivity index (χ0) is 13.1. The minimum Gasteiger partial charge on any atom is -0.409 e. The van der Waals surface area contributed by atoms with Gasteiger partial charge in [-0.2, -0.15) is 13.2 Å². The van der Waals surface area contributed by atoms with Crippen LogP contribution in [-0.4, -0.2) is 41.5 Å². The van der Waals surface area contributed by atoms with Crippen molar-refractivity contribution in [3.8, 4) is 0 Å². The molecule has 1 unspecified atom stereocenters. The minimum atomic E-state index is -4.54. The maximum atomic E-state index is 12.5. The highest BCUT2D eigenvalue weighted by Crippen LogP contribution is 2.28.